The molecule has 0 aromatic carbocycles. The van der Waals surface area contributed by atoms with Crippen molar-refractivity contribution in [3.05, 3.63) is 0 Å². The van der Waals surface area contributed by atoms with Crippen LogP contribution >= 0.6 is 0 Å². The zero-order valence-electron chi connectivity index (χ0n) is 11.2. The lowest BCUT2D eigenvalue weighted by atomic mass is 9.95. The highest BCUT2D eigenvalue weighted by Gasteiger charge is 2.16. The van der Waals surface area contributed by atoms with Gasteiger partial charge in [0.25, 0.3) is 0 Å². The average Bonchev–Trinajstić information content (AvgIpc) is 2.26. The maximum absolute atomic E-state index is 11.5. The van der Waals surface area contributed by atoms with Gasteiger partial charge in [-0.05, 0) is 52.1 Å². The molecule has 1 fully saturated rings. The van der Waals surface area contributed by atoms with E-state index in [2.05, 4.69) is 17.3 Å². The molecular weight excluding hydrogens is 214 g/mol. The molecule has 1 rings (SSSR count). The maximum atomic E-state index is 11.5. The van der Waals surface area contributed by atoms with Gasteiger partial charge in [0.1, 0.15) is 0 Å². The molecule has 1 saturated heterocycles. The standard InChI is InChI=1S/C13H27N3O/c1-11(14)5-6-13(17)15-8-7-12-4-3-9-16(2)10-12/h11-12H,3-10,14H2,1-2H3,(H,15,17). The van der Waals surface area contributed by atoms with E-state index in [1.165, 1.54) is 25.9 Å². The van der Waals surface area contributed by atoms with Crippen LogP contribution in [0.4, 0.5) is 0 Å². The summed E-state index contributed by atoms with van der Waals surface area (Å²) in [6.07, 6.45) is 5.04. The Labute approximate surface area is 105 Å². The molecule has 0 aromatic rings. The molecule has 0 bridgehead atoms. The third kappa shape index (κ3) is 6.64. The van der Waals surface area contributed by atoms with Gasteiger partial charge in [-0.2, -0.15) is 0 Å². The van der Waals surface area contributed by atoms with Crippen molar-refractivity contribution in [1.82, 2.24) is 10.2 Å². The normalized spacial score (nSPS) is 23.4. The SMILES string of the molecule is CC(N)CCC(=O)NCCC1CCCN(C)C1. The van der Waals surface area contributed by atoms with E-state index in [1.54, 1.807) is 0 Å². The summed E-state index contributed by atoms with van der Waals surface area (Å²) in [5.74, 6) is 0.897. The summed E-state index contributed by atoms with van der Waals surface area (Å²) in [6, 6.07) is 0.118. The summed E-state index contributed by atoms with van der Waals surface area (Å²) in [4.78, 5) is 13.9. The first-order chi connectivity index (χ1) is 8.08. The first-order valence-corrected chi connectivity index (χ1v) is 6.78. The molecule has 1 aliphatic rings. The van der Waals surface area contributed by atoms with E-state index in [-0.39, 0.29) is 11.9 Å². The van der Waals surface area contributed by atoms with Crippen molar-refractivity contribution in [1.29, 1.82) is 0 Å². The second-order valence-electron chi connectivity index (χ2n) is 5.43. The lowest BCUT2D eigenvalue weighted by Gasteiger charge is -2.29. The highest BCUT2D eigenvalue weighted by Crippen LogP contribution is 2.17. The Morgan fingerprint density at radius 2 is 2.35 bits per heavy atom. The Kier molecular flexibility index (Phi) is 6.52. The lowest BCUT2D eigenvalue weighted by molar-refractivity contribution is -0.121. The van der Waals surface area contributed by atoms with Crippen LogP contribution in [0.15, 0.2) is 0 Å². The van der Waals surface area contributed by atoms with Crippen LogP contribution in [0.25, 0.3) is 0 Å². The fraction of sp³-hybridized carbons (Fsp3) is 0.923. The van der Waals surface area contributed by atoms with Crippen LogP contribution in [-0.2, 0) is 4.79 Å². The minimum absolute atomic E-state index is 0.118. The Hall–Kier alpha value is -0.610. The summed E-state index contributed by atoms with van der Waals surface area (Å²) in [5.41, 5.74) is 5.62. The predicted molar refractivity (Wildman–Crippen MR) is 70.7 cm³/mol. The van der Waals surface area contributed by atoms with E-state index in [0.717, 1.165) is 25.3 Å². The first kappa shape index (κ1) is 14.5. The highest BCUT2D eigenvalue weighted by molar-refractivity contribution is 5.75. The Morgan fingerprint density at radius 3 is 3.00 bits per heavy atom. The third-order valence-electron chi connectivity index (χ3n) is 3.42. The second-order valence-corrected chi connectivity index (χ2v) is 5.43. The molecule has 2 unspecified atom stereocenters. The van der Waals surface area contributed by atoms with Crippen molar-refractivity contribution in [2.45, 2.75) is 45.1 Å². The minimum Gasteiger partial charge on any atom is -0.356 e. The van der Waals surface area contributed by atoms with Crippen LogP contribution in [0, 0.1) is 5.92 Å². The summed E-state index contributed by atoms with van der Waals surface area (Å²) < 4.78 is 0. The second kappa shape index (κ2) is 7.67. The van der Waals surface area contributed by atoms with Crippen molar-refractivity contribution >= 4 is 5.91 Å². The molecule has 0 radical (unpaired) electrons. The number of hydrogen-bond acceptors (Lipinski definition) is 3. The van der Waals surface area contributed by atoms with Gasteiger partial charge in [-0.1, -0.05) is 0 Å². The highest BCUT2D eigenvalue weighted by atomic mass is 16.1. The molecule has 0 aliphatic carbocycles. The number of rotatable bonds is 6. The van der Waals surface area contributed by atoms with Crippen LogP contribution in [0.3, 0.4) is 0 Å². The number of nitrogens with zero attached hydrogens (tertiary/aromatic N) is 1. The van der Waals surface area contributed by atoms with Crippen molar-refractivity contribution in [2.75, 3.05) is 26.7 Å². The van der Waals surface area contributed by atoms with Gasteiger partial charge in [-0.3, -0.25) is 4.79 Å². The molecule has 100 valence electrons. The quantitative estimate of drug-likeness (QED) is 0.728. The number of likely N-dealkylation sites (tertiary alicyclic amines) is 1. The van der Waals surface area contributed by atoms with E-state index in [4.69, 9.17) is 5.73 Å². The lowest BCUT2D eigenvalue weighted by Crippen LogP contribution is -2.34. The molecule has 4 nitrogen and oxygen atoms in total. The maximum Gasteiger partial charge on any atom is 0.220 e. The number of carbonyl (C=O) groups is 1. The van der Waals surface area contributed by atoms with E-state index >= 15 is 0 Å². The van der Waals surface area contributed by atoms with Gasteiger partial charge >= 0.3 is 0 Å². The summed E-state index contributed by atoms with van der Waals surface area (Å²) in [5, 5.41) is 2.99. The summed E-state index contributed by atoms with van der Waals surface area (Å²) in [6.45, 7) is 5.15. The Balaban J connectivity index is 2.04. The molecule has 1 amide bonds. The van der Waals surface area contributed by atoms with Gasteiger partial charge in [0, 0.05) is 25.6 Å². The number of nitrogens with one attached hydrogen (secondary N) is 1. The van der Waals surface area contributed by atoms with E-state index in [0.29, 0.717) is 6.42 Å². The van der Waals surface area contributed by atoms with Gasteiger partial charge in [-0.25, -0.2) is 0 Å². The number of amides is 1. The van der Waals surface area contributed by atoms with Crippen molar-refractivity contribution < 1.29 is 4.79 Å². The van der Waals surface area contributed by atoms with Crippen molar-refractivity contribution in [3.63, 3.8) is 0 Å². The molecular formula is C13H27N3O. The molecule has 4 heteroatoms. The zero-order chi connectivity index (χ0) is 12.7. The molecule has 3 N–H and O–H groups in total. The molecule has 0 spiro atoms. The number of hydrogen-bond donors (Lipinski definition) is 2. The van der Waals surface area contributed by atoms with Crippen LogP contribution in [0.1, 0.15) is 39.0 Å². The van der Waals surface area contributed by atoms with Crippen LogP contribution < -0.4 is 11.1 Å². The fourth-order valence-electron chi connectivity index (χ4n) is 2.37. The number of carbonyl (C=O) groups excluding carboxylic acids is 1. The van der Waals surface area contributed by atoms with Gasteiger partial charge in [0.15, 0.2) is 0 Å². The van der Waals surface area contributed by atoms with Gasteiger partial charge < -0.3 is 16.0 Å². The Morgan fingerprint density at radius 1 is 1.59 bits per heavy atom. The van der Waals surface area contributed by atoms with Crippen molar-refractivity contribution in [3.8, 4) is 0 Å². The van der Waals surface area contributed by atoms with Gasteiger partial charge in [-0.15, -0.1) is 0 Å². The van der Waals surface area contributed by atoms with Crippen LogP contribution in [0.2, 0.25) is 0 Å². The molecule has 17 heavy (non-hydrogen) atoms. The van der Waals surface area contributed by atoms with Gasteiger partial charge in [0.05, 0.1) is 0 Å². The topological polar surface area (TPSA) is 58.4 Å². The zero-order valence-corrected chi connectivity index (χ0v) is 11.2. The molecule has 0 aromatic heterocycles. The largest absolute Gasteiger partial charge is 0.356 e. The average molecular weight is 241 g/mol. The number of piperidine rings is 1. The molecule has 0 saturated carbocycles. The molecule has 1 aliphatic heterocycles. The minimum atomic E-state index is 0.118. The number of nitrogens with two attached hydrogens (primary N) is 1. The molecule has 2 atom stereocenters. The van der Waals surface area contributed by atoms with E-state index < -0.39 is 0 Å². The molecule has 1 heterocycles. The predicted octanol–water partition coefficient (Wildman–Crippen LogP) is 0.962. The monoisotopic (exact) mass is 241 g/mol. The van der Waals surface area contributed by atoms with Crippen LogP contribution in [-0.4, -0.2) is 43.5 Å². The van der Waals surface area contributed by atoms with Gasteiger partial charge in [0.2, 0.25) is 5.91 Å². The van der Waals surface area contributed by atoms with E-state index in [9.17, 15) is 4.79 Å². The van der Waals surface area contributed by atoms with Crippen molar-refractivity contribution in [2.24, 2.45) is 11.7 Å². The fourth-order valence-corrected chi connectivity index (χ4v) is 2.37. The Bertz CT molecular complexity index is 231. The summed E-state index contributed by atoms with van der Waals surface area (Å²) in [7, 11) is 2.17. The first-order valence-electron chi connectivity index (χ1n) is 6.78. The smallest absolute Gasteiger partial charge is 0.220 e. The summed E-state index contributed by atoms with van der Waals surface area (Å²) >= 11 is 0. The third-order valence-corrected chi connectivity index (χ3v) is 3.42. The van der Waals surface area contributed by atoms with Crippen LogP contribution in [0.5, 0.6) is 0 Å². The van der Waals surface area contributed by atoms with E-state index in [1.807, 2.05) is 6.92 Å².